The van der Waals surface area contributed by atoms with Crippen LogP contribution in [-0.4, -0.2) is 68.7 Å². The number of allylic oxidation sites excluding steroid dienone is 5. The van der Waals surface area contributed by atoms with Crippen LogP contribution in [0.1, 0.15) is 80.5 Å². The summed E-state index contributed by atoms with van der Waals surface area (Å²) in [6.45, 7) is 5.25. The number of hydrogen-bond acceptors (Lipinski definition) is 9. The van der Waals surface area contributed by atoms with Crippen LogP contribution in [-0.2, 0) is 33.5 Å². The van der Waals surface area contributed by atoms with E-state index in [9.17, 15) is 49.4 Å². The Morgan fingerprint density at radius 1 is 0.812 bits per heavy atom. The third kappa shape index (κ3) is 17.3. The van der Waals surface area contributed by atoms with Crippen LogP contribution in [0.5, 0.6) is 11.5 Å². The number of rotatable bonds is 25. The highest BCUT2D eigenvalue weighted by molar-refractivity contribution is 5.69. The summed E-state index contributed by atoms with van der Waals surface area (Å²) in [7, 11) is 0. The number of aryl methyl sites for hydroxylation is 1. The van der Waals surface area contributed by atoms with Crippen molar-refractivity contribution >= 4 is 17.3 Å². The molecule has 64 heavy (non-hydrogen) atoms. The maximum atomic E-state index is 13.5. The van der Waals surface area contributed by atoms with Gasteiger partial charge < -0.3 is 47.0 Å². The average Bonchev–Trinajstić information content (AvgIpc) is 3.18. The summed E-state index contributed by atoms with van der Waals surface area (Å²) in [6.07, 6.45) is -11.3. The van der Waals surface area contributed by atoms with Crippen molar-refractivity contribution in [3.8, 4) is 11.5 Å². The van der Waals surface area contributed by atoms with Gasteiger partial charge in [0, 0.05) is 66.5 Å². The molecule has 0 saturated carbocycles. The number of anilines is 2. The number of ether oxygens (including phenoxy) is 4. The average molecular weight is 921 g/mol. The molecule has 3 unspecified atom stereocenters. The van der Waals surface area contributed by atoms with Crippen molar-refractivity contribution < 1.29 is 68.4 Å². The minimum Gasteiger partial charge on any atom is -0.497 e. The topological polar surface area (TPSA) is 178 Å². The standard InChI is InChI=1S/C45H57F9N4O6/c1-4-27(3)39(61-16-8-12-43(46,47)48)38(35-24-33(57)21-29(11-6-7-15-55)41(35)64-26-37(59)60)36-25-34(58)23-31(42(36)63-18-10-14-45(52,53)54)19-30-22-32(56)20-28(5-2)40(30)62-17-9-13-44(49,50)51/h4,6-7,20-25,31,38,42H,1,5,8-19,26,55-58H2,2-3H3,(H,59,60)/b7-6+,39-27+. The van der Waals surface area contributed by atoms with Crippen LogP contribution in [0.25, 0.3) is 0 Å². The van der Waals surface area contributed by atoms with Crippen molar-refractivity contribution in [2.75, 3.05) is 44.4 Å². The monoisotopic (exact) mass is 920 g/mol. The Kier molecular flexibility index (Phi) is 20.0. The summed E-state index contributed by atoms with van der Waals surface area (Å²) in [5.41, 5.74) is 27.7. The van der Waals surface area contributed by atoms with Crippen LogP contribution in [0.3, 0.4) is 0 Å². The van der Waals surface area contributed by atoms with E-state index in [1.165, 1.54) is 24.3 Å². The van der Waals surface area contributed by atoms with Gasteiger partial charge in [-0.1, -0.05) is 37.8 Å². The fourth-order valence-electron chi connectivity index (χ4n) is 7.28. The molecule has 9 N–H and O–H groups in total. The van der Waals surface area contributed by atoms with Crippen LogP contribution >= 0.6 is 0 Å². The minimum absolute atomic E-state index is 0.000836. The maximum absolute atomic E-state index is 13.5. The fourth-order valence-corrected chi connectivity index (χ4v) is 7.28. The normalized spacial score (nSPS) is 16.8. The van der Waals surface area contributed by atoms with E-state index < -0.39 is 94.4 Å². The zero-order valence-electron chi connectivity index (χ0n) is 35.7. The Morgan fingerprint density at radius 2 is 1.39 bits per heavy atom. The van der Waals surface area contributed by atoms with Gasteiger partial charge in [-0.05, 0) is 98.1 Å². The number of alkyl halides is 9. The lowest BCUT2D eigenvalue weighted by atomic mass is 9.75. The van der Waals surface area contributed by atoms with E-state index in [4.69, 9.17) is 41.9 Å². The molecule has 19 heteroatoms. The number of nitrogen functional groups attached to an aromatic ring is 2. The van der Waals surface area contributed by atoms with Gasteiger partial charge in [-0.25, -0.2) is 4.79 Å². The molecule has 0 bridgehead atoms. The molecule has 0 saturated heterocycles. The summed E-state index contributed by atoms with van der Waals surface area (Å²) >= 11 is 0. The molecule has 10 nitrogen and oxygen atoms in total. The molecule has 0 aromatic heterocycles. The number of aliphatic carboxylic acids is 1. The van der Waals surface area contributed by atoms with Crippen molar-refractivity contribution in [1.29, 1.82) is 0 Å². The predicted octanol–water partition coefficient (Wildman–Crippen LogP) is 9.93. The third-order valence-corrected chi connectivity index (χ3v) is 9.97. The highest BCUT2D eigenvalue weighted by atomic mass is 19.4. The van der Waals surface area contributed by atoms with Crippen molar-refractivity contribution in [3.05, 3.63) is 106 Å². The molecule has 3 atom stereocenters. The van der Waals surface area contributed by atoms with E-state index in [1.807, 2.05) is 0 Å². The van der Waals surface area contributed by atoms with Gasteiger partial charge in [0.2, 0.25) is 0 Å². The van der Waals surface area contributed by atoms with Crippen LogP contribution < -0.4 is 32.4 Å². The molecule has 0 radical (unpaired) electrons. The van der Waals surface area contributed by atoms with Gasteiger partial charge in [-0.2, -0.15) is 39.5 Å². The van der Waals surface area contributed by atoms with Crippen LogP contribution in [0.15, 0.2) is 83.8 Å². The lowest BCUT2D eigenvalue weighted by Gasteiger charge is -2.37. The Morgan fingerprint density at radius 3 is 1.97 bits per heavy atom. The van der Waals surface area contributed by atoms with Crippen molar-refractivity contribution in [2.24, 2.45) is 17.4 Å². The lowest BCUT2D eigenvalue weighted by molar-refractivity contribution is -0.140. The van der Waals surface area contributed by atoms with E-state index in [-0.39, 0.29) is 77.9 Å². The van der Waals surface area contributed by atoms with Gasteiger partial charge in [0.05, 0.1) is 25.2 Å². The fraction of sp³-hybridized carbons (Fsp3) is 0.489. The highest BCUT2D eigenvalue weighted by Crippen LogP contribution is 2.48. The maximum Gasteiger partial charge on any atom is 0.389 e. The lowest BCUT2D eigenvalue weighted by Crippen LogP contribution is -2.35. The number of carboxylic acid groups (broad SMARTS) is 1. The summed E-state index contributed by atoms with van der Waals surface area (Å²) in [4.78, 5) is 12.0. The van der Waals surface area contributed by atoms with E-state index in [1.54, 1.807) is 44.2 Å². The molecule has 2 aromatic carbocycles. The predicted molar refractivity (Wildman–Crippen MR) is 226 cm³/mol. The quantitative estimate of drug-likeness (QED) is 0.0161. The number of carbonyl (C=O) groups is 1. The van der Waals surface area contributed by atoms with Gasteiger partial charge in [0.1, 0.15) is 17.3 Å². The largest absolute Gasteiger partial charge is 0.497 e. The molecular weight excluding hydrogens is 863 g/mol. The van der Waals surface area contributed by atoms with Gasteiger partial charge in [-0.15, -0.1) is 0 Å². The van der Waals surface area contributed by atoms with Crippen LogP contribution in [0.2, 0.25) is 0 Å². The smallest absolute Gasteiger partial charge is 0.389 e. The molecule has 1 aliphatic rings. The van der Waals surface area contributed by atoms with Gasteiger partial charge in [0.25, 0.3) is 0 Å². The summed E-state index contributed by atoms with van der Waals surface area (Å²) in [5.74, 6) is -3.26. The summed E-state index contributed by atoms with van der Waals surface area (Å²) in [6, 6.07) is 6.17. The molecule has 0 spiro atoms. The third-order valence-electron chi connectivity index (χ3n) is 9.97. The van der Waals surface area contributed by atoms with Crippen molar-refractivity contribution in [1.82, 2.24) is 0 Å². The van der Waals surface area contributed by atoms with E-state index in [0.29, 0.717) is 28.7 Å². The number of hydrogen-bond donors (Lipinski definition) is 5. The Labute approximate surface area is 366 Å². The van der Waals surface area contributed by atoms with E-state index >= 15 is 0 Å². The molecule has 0 heterocycles. The summed E-state index contributed by atoms with van der Waals surface area (Å²) in [5, 5.41) is 9.75. The van der Waals surface area contributed by atoms with Crippen LogP contribution in [0, 0.1) is 5.92 Å². The van der Waals surface area contributed by atoms with Crippen molar-refractivity contribution in [3.63, 3.8) is 0 Å². The second-order valence-corrected chi connectivity index (χ2v) is 15.2. The first-order valence-electron chi connectivity index (χ1n) is 20.6. The molecule has 356 valence electrons. The Hall–Kier alpha value is -5.30. The zero-order valence-corrected chi connectivity index (χ0v) is 35.7. The zero-order chi connectivity index (χ0) is 47.8. The van der Waals surface area contributed by atoms with Gasteiger partial charge >= 0.3 is 24.5 Å². The first kappa shape index (κ1) is 53.0. The molecule has 2 aromatic rings. The minimum atomic E-state index is -4.54. The second-order valence-electron chi connectivity index (χ2n) is 15.2. The number of carboxylic acids is 1. The number of benzene rings is 2. The first-order chi connectivity index (χ1) is 30.0. The van der Waals surface area contributed by atoms with Gasteiger partial charge in [0.15, 0.2) is 6.61 Å². The Bertz CT molecular complexity index is 2010. The number of halogens is 9. The molecule has 3 rings (SSSR count). The van der Waals surface area contributed by atoms with Crippen LogP contribution in [0.4, 0.5) is 50.9 Å². The van der Waals surface area contributed by atoms with E-state index in [0.717, 1.165) is 0 Å². The molecular formula is C45H57F9N4O6. The molecule has 0 amide bonds. The Balaban J connectivity index is 2.39. The molecule has 0 fully saturated rings. The molecule has 1 aliphatic carbocycles. The SMILES string of the molecule is C=C/C(C)=C(/OCCCC(F)(F)F)C(C1=CC(N)=CC(Cc2cc(N)cc(CC)c2OCCCC(F)(F)F)C1OCCCC(F)(F)F)c1cc(N)cc(C/C=C/CN)c1OCC(=O)O. The highest BCUT2D eigenvalue weighted by Gasteiger charge is 2.39. The van der Waals surface area contributed by atoms with E-state index in [2.05, 4.69) is 6.58 Å². The summed E-state index contributed by atoms with van der Waals surface area (Å²) < 4.78 is 144. The molecule has 0 aliphatic heterocycles. The second kappa shape index (κ2) is 24.1. The van der Waals surface area contributed by atoms with Crippen molar-refractivity contribution in [2.45, 2.75) is 102 Å². The van der Waals surface area contributed by atoms with Gasteiger partial charge in [-0.3, -0.25) is 0 Å². The first-order valence-corrected chi connectivity index (χ1v) is 20.6. The number of nitrogens with two attached hydrogens (primary N) is 4.